The molecular formula is C21H23F2N5O4. The highest BCUT2D eigenvalue weighted by Gasteiger charge is 2.25. The van der Waals surface area contributed by atoms with Gasteiger partial charge in [-0.2, -0.15) is 9.67 Å². The molecule has 0 unspecified atom stereocenters. The molecule has 9 nitrogen and oxygen atoms in total. The third kappa shape index (κ3) is 4.42. The Kier molecular flexibility index (Phi) is 6.78. The van der Waals surface area contributed by atoms with Crippen molar-refractivity contribution in [3.63, 3.8) is 0 Å². The van der Waals surface area contributed by atoms with Gasteiger partial charge < -0.3 is 9.84 Å². The maximum Gasteiger partial charge on any atom is 0.352 e. The number of Topliss-reactive ketones (excluding diaryl/α,β-unsaturated/α-hetero) is 1. The molecule has 170 valence electrons. The van der Waals surface area contributed by atoms with Gasteiger partial charge in [-0.05, 0) is 39.3 Å². The van der Waals surface area contributed by atoms with E-state index in [1.807, 2.05) is 0 Å². The fourth-order valence-electron chi connectivity index (χ4n) is 3.17. The molecule has 0 spiro atoms. The highest BCUT2D eigenvalue weighted by atomic mass is 19.1. The minimum Gasteiger partial charge on any atom is -0.474 e. The van der Waals surface area contributed by atoms with Crippen LogP contribution in [0.3, 0.4) is 0 Å². The zero-order valence-corrected chi connectivity index (χ0v) is 18.1. The van der Waals surface area contributed by atoms with Crippen molar-refractivity contribution in [1.82, 2.24) is 24.3 Å². The van der Waals surface area contributed by atoms with Crippen LogP contribution in [-0.4, -0.2) is 41.3 Å². The molecule has 0 aliphatic heterocycles. The maximum absolute atomic E-state index is 15.0. The summed E-state index contributed by atoms with van der Waals surface area (Å²) in [6.45, 7) is 6.34. The molecule has 0 saturated carbocycles. The molecule has 0 atom stereocenters. The molecule has 32 heavy (non-hydrogen) atoms. The van der Waals surface area contributed by atoms with Crippen LogP contribution in [0.5, 0.6) is 5.88 Å². The molecule has 0 bridgehead atoms. The number of ether oxygens (including phenoxy) is 1. The predicted molar refractivity (Wildman–Crippen MR) is 110 cm³/mol. The first-order valence-electron chi connectivity index (χ1n) is 9.97. The zero-order valence-electron chi connectivity index (χ0n) is 18.1. The average molecular weight is 447 g/mol. The van der Waals surface area contributed by atoms with Crippen LogP contribution < -0.4 is 10.4 Å². The van der Waals surface area contributed by atoms with Gasteiger partial charge in [-0.25, -0.2) is 13.6 Å². The van der Waals surface area contributed by atoms with Crippen LogP contribution >= 0.6 is 0 Å². The number of rotatable bonds is 8. The molecular weight excluding hydrogens is 424 g/mol. The molecule has 0 radical (unpaired) electrons. The molecule has 1 N–H and O–H groups in total. The normalized spacial score (nSPS) is 11.2. The van der Waals surface area contributed by atoms with Crippen molar-refractivity contribution >= 4 is 5.78 Å². The van der Waals surface area contributed by atoms with E-state index in [4.69, 9.17) is 4.74 Å². The van der Waals surface area contributed by atoms with Crippen molar-refractivity contribution < 1.29 is 23.4 Å². The summed E-state index contributed by atoms with van der Waals surface area (Å²) in [4.78, 5) is 33.3. The van der Waals surface area contributed by atoms with Gasteiger partial charge in [-0.15, -0.1) is 5.10 Å². The monoisotopic (exact) mass is 447 g/mol. The van der Waals surface area contributed by atoms with E-state index in [9.17, 15) is 19.1 Å². The fourth-order valence-corrected chi connectivity index (χ4v) is 3.17. The second kappa shape index (κ2) is 9.35. The summed E-state index contributed by atoms with van der Waals surface area (Å²) in [5, 5.41) is 13.4. The number of halogens is 2. The molecule has 3 aromatic rings. The van der Waals surface area contributed by atoms with Crippen LogP contribution in [0, 0.1) is 18.6 Å². The molecule has 0 saturated heterocycles. The number of nitrogens with zero attached hydrogens (tertiary/aromatic N) is 5. The molecule has 0 aliphatic carbocycles. The molecule has 3 aromatic heterocycles. The molecule has 0 amide bonds. The van der Waals surface area contributed by atoms with E-state index >= 15 is 4.39 Å². The molecule has 3 heterocycles. The maximum atomic E-state index is 15.0. The van der Waals surface area contributed by atoms with Crippen molar-refractivity contribution in [2.75, 3.05) is 0 Å². The Balaban J connectivity index is 2.11. The number of carbonyl (C=O) groups is 1. The smallest absolute Gasteiger partial charge is 0.352 e. The van der Waals surface area contributed by atoms with E-state index < -0.39 is 41.6 Å². The Hall–Kier alpha value is -3.47. The van der Waals surface area contributed by atoms with Gasteiger partial charge in [0.2, 0.25) is 5.88 Å². The second-order valence-electron chi connectivity index (χ2n) is 7.34. The van der Waals surface area contributed by atoms with Crippen LogP contribution in [0.2, 0.25) is 0 Å². The van der Waals surface area contributed by atoms with Crippen molar-refractivity contribution in [3.8, 4) is 11.7 Å². The Morgan fingerprint density at radius 2 is 1.97 bits per heavy atom. The number of aliphatic hydroxyl groups excluding tert-OH is 1. The molecule has 3 rings (SSSR count). The summed E-state index contributed by atoms with van der Waals surface area (Å²) in [6, 6.07) is 0.896. The van der Waals surface area contributed by atoms with Gasteiger partial charge in [0.15, 0.2) is 23.2 Å². The number of aliphatic hydroxyl groups is 1. The molecule has 0 aliphatic rings. The number of pyridine rings is 2. The van der Waals surface area contributed by atoms with Crippen LogP contribution in [-0.2, 0) is 19.6 Å². The summed E-state index contributed by atoms with van der Waals surface area (Å²) in [6.07, 6.45) is 1.64. The van der Waals surface area contributed by atoms with E-state index in [1.165, 1.54) is 6.20 Å². The van der Waals surface area contributed by atoms with E-state index in [1.54, 1.807) is 27.7 Å². The van der Waals surface area contributed by atoms with Crippen LogP contribution in [0.4, 0.5) is 8.78 Å². The highest BCUT2D eigenvalue weighted by Crippen LogP contribution is 2.25. The predicted octanol–water partition coefficient (Wildman–Crippen LogP) is 2.14. The lowest BCUT2D eigenvalue weighted by Gasteiger charge is -2.15. The zero-order chi connectivity index (χ0) is 23.6. The SMILES string of the molecule is CCn1c(CO)nn(-c2nc(OC(C)C)c(C(=O)Cc3c(C)cncc3F)cc2F)c1=O. The minimum absolute atomic E-state index is 0.0359. The molecule has 11 heteroatoms. The Bertz CT molecular complexity index is 1200. The van der Waals surface area contributed by atoms with Gasteiger partial charge in [-0.1, -0.05) is 0 Å². The number of hydrogen-bond donors (Lipinski definition) is 1. The largest absolute Gasteiger partial charge is 0.474 e. The fraction of sp³-hybridized carbons (Fsp3) is 0.381. The van der Waals surface area contributed by atoms with Gasteiger partial charge in [-0.3, -0.25) is 14.3 Å². The quantitative estimate of drug-likeness (QED) is 0.527. The summed E-state index contributed by atoms with van der Waals surface area (Å²) in [5.74, 6) is -2.91. The first-order chi connectivity index (χ1) is 15.2. The Morgan fingerprint density at radius 3 is 2.53 bits per heavy atom. The minimum atomic E-state index is -0.997. The first kappa shape index (κ1) is 23.2. The number of aryl methyl sites for hydroxylation is 1. The van der Waals surface area contributed by atoms with Crippen LogP contribution in [0.1, 0.15) is 48.1 Å². The van der Waals surface area contributed by atoms with Crippen molar-refractivity contribution in [3.05, 3.63) is 63.1 Å². The van der Waals surface area contributed by atoms with Gasteiger partial charge in [0.05, 0.1) is 17.9 Å². The lowest BCUT2D eigenvalue weighted by Crippen LogP contribution is -2.26. The molecule has 0 fully saturated rings. The van der Waals surface area contributed by atoms with Gasteiger partial charge in [0.25, 0.3) is 0 Å². The van der Waals surface area contributed by atoms with Crippen molar-refractivity contribution in [1.29, 1.82) is 0 Å². The van der Waals surface area contributed by atoms with Crippen LogP contribution in [0.15, 0.2) is 23.3 Å². The number of ketones is 1. The number of aromatic nitrogens is 5. The third-order valence-electron chi connectivity index (χ3n) is 4.73. The average Bonchev–Trinajstić information content (AvgIpc) is 3.06. The summed E-state index contributed by atoms with van der Waals surface area (Å²) in [5.41, 5.74) is -0.286. The highest BCUT2D eigenvalue weighted by molar-refractivity contribution is 5.99. The van der Waals surface area contributed by atoms with E-state index in [0.29, 0.717) is 10.2 Å². The van der Waals surface area contributed by atoms with E-state index in [0.717, 1.165) is 16.8 Å². The number of hydrogen-bond acceptors (Lipinski definition) is 7. The lowest BCUT2D eigenvalue weighted by atomic mass is 10.0. The van der Waals surface area contributed by atoms with Gasteiger partial charge in [0, 0.05) is 24.7 Å². The van der Waals surface area contributed by atoms with Crippen molar-refractivity contribution in [2.24, 2.45) is 0 Å². The summed E-state index contributed by atoms with van der Waals surface area (Å²) >= 11 is 0. The number of carbonyl (C=O) groups excluding carboxylic acids is 1. The standard InChI is InChI=1S/C21H23F2N5O4/c1-5-27-18(10-29)26-28(21(27)31)19-15(22)6-14(20(25-19)32-11(2)3)17(30)7-13-12(4)8-24-9-16(13)23/h6,8-9,11,29H,5,7,10H2,1-4H3. The lowest BCUT2D eigenvalue weighted by molar-refractivity contribution is 0.0984. The van der Waals surface area contributed by atoms with Crippen molar-refractivity contribution in [2.45, 2.75) is 53.4 Å². The third-order valence-corrected chi connectivity index (χ3v) is 4.73. The Morgan fingerprint density at radius 1 is 1.25 bits per heavy atom. The Labute approximate surface area is 182 Å². The summed E-state index contributed by atoms with van der Waals surface area (Å²) in [7, 11) is 0. The van der Waals surface area contributed by atoms with E-state index in [-0.39, 0.29) is 35.8 Å². The second-order valence-corrected chi connectivity index (χ2v) is 7.34. The summed E-state index contributed by atoms with van der Waals surface area (Å²) < 4.78 is 36.6. The van der Waals surface area contributed by atoms with Crippen LogP contribution in [0.25, 0.3) is 5.82 Å². The van der Waals surface area contributed by atoms with Gasteiger partial charge in [0.1, 0.15) is 12.4 Å². The van der Waals surface area contributed by atoms with Gasteiger partial charge >= 0.3 is 5.69 Å². The van der Waals surface area contributed by atoms with E-state index in [2.05, 4.69) is 15.1 Å². The molecule has 0 aromatic carbocycles. The topological polar surface area (TPSA) is 112 Å². The first-order valence-corrected chi connectivity index (χ1v) is 9.97.